The van der Waals surface area contributed by atoms with E-state index in [1.54, 1.807) is 0 Å². The van der Waals surface area contributed by atoms with Crippen molar-refractivity contribution in [3.05, 3.63) is 0 Å². The second kappa shape index (κ2) is 12.6. The van der Waals surface area contributed by atoms with Crippen molar-refractivity contribution in [2.24, 2.45) is 16.8 Å². The Morgan fingerprint density at radius 2 is 2.04 bits per heavy atom. The smallest absolute Gasteiger partial charge is 0.191 e. The molecule has 2 N–H and O–H groups in total. The number of hydrogen-bond donors (Lipinski definition) is 2. The van der Waals surface area contributed by atoms with Gasteiger partial charge in [0.1, 0.15) is 0 Å². The van der Waals surface area contributed by atoms with Gasteiger partial charge in [-0.3, -0.25) is 9.89 Å². The quantitative estimate of drug-likeness (QED) is 0.449. The number of ether oxygens (including phenoxy) is 2. The average Bonchev–Trinajstić information content (AvgIpc) is 3.18. The minimum atomic E-state index is 0.228. The van der Waals surface area contributed by atoms with E-state index in [2.05, 4.69) is 41.3 Å². The Hall–Kier alpha value is -0.850. The first-order chi connectivity index (χ1) is 13.1. The third kappa shape index (κ3) is 8.36. The third-order valence-corrected chi connectivity index (χ3v) is 5.59. The molecule has 27 heavy (non-hydrogen) atoms. The van der Waals surface area contributed by atoms with Gasteiger partial charge < -0.3 is 20.1 Å². The summed E-state index contributed by atoms with van der Waals surface area (Å²) in [5, 5.41) is 6.89. The normalized spacial score (nSPS) is 23.7. The van der Waals surface area contributed by atoms with Crippen molar-refractivity contribution >= 4 is 5.96 Å². The zero-order valence-electron chi connectivity index (χ0n) is 18.0. The molecule has 6 heteroatoms. The van der Waals surface area contributed by atoms with Crippen LogP contribution in [-0.4, -0.2) is 76.1 Å². The predicted molar refractivity (Wildman–Crippen MR) is 112 cm³/mol. The van der Waals surface area contributed by atoms with Crippen LogP contribution in [-0.2, 0) is 9.47 Å². The first-order valence-corrected chi connectivity index (χ1v) is 11.0. The van der Waals surface area contributed by atoms with Crippen LogP contribution in [0.4, 0.5) is 0 Å². The number of hydrogen-bond acceptors (Lipinski definition) is 4. The number of guanidine groups is 1. The fourth-order valence-corrected chi connectivity index (χ4v) is 4.35. The molecule has 0 bridgehead atoms. The Balaban J connectivity index is 1.67. The minimum Gasteiger partial charge on any atom is -0.378 e. The molecule has 0 aromatic rings. The number of nitrogens with one attached hydrogen (secondary N) is 2. The Morgan fingerprint density at radius 3 is 2.70 bits per heavy atom. The summed E-state index contributed by atoms with van der Waals surface area (Å²) in [4.78, 5) is 6.87. The van der Waals surface area contributed by atoms with Crippen LogP contribution in [0.1, 0.15) is 52.9 Å². The van der Waals surface area contributed by atoms with Gasteiger partial charge in [-0.05, 0) is 38.0 Å². The van der Waals surface area contributed by atoms with Crippen molar-refractivity contribution < 1.29 is 9.47 Å². The maximum atomic E-state index is 6.01. The fraction of sp³-hybridized carbons (Fsp3) is 0.952. The molecule has 2 aliphatic rings. The van der Waals surface area contributed by atoms with Crippen LogP contribution in [0.15, 0.2) is 4.99 Å². The summed E-state index contributed by atoms with van der Waals surface area (Å²) in [6, 6.07) is 0. The lowest BCUT2D eigenvalue weighted by atomic mass is 9.98. The SMILES string of the molecule is CCOC(CCNC(=NC)NCC1CN(CC(C)C)CCO1)C1CCCC1. The molecule has 2 unspecified atom stereocenters. The largest absolute Gasteiger partial charge is 0.378 e. The Morgan fingerprint density at radius 1 is 1.26 bits per heavy atom. The van der Waals surface area contributed by atoms with Gasteiger partial charge >= 0.3 is 0 Å². The summed E-state index contributed by atoms with van der Waals surface area (Å²) in [5.74, 6) is 2.30. The van der Waals surface area contributed by atoms with Crippen molar-refractivity contribution in [2.45, 2.75) is 65.1 Å². The van der Waals surface area contributed by atoms with Crippen LogP contribution in [0.5, 0.6) is 0 Å². The lowest BCUT2D eigenvalue weighted by Gasteiger charge is -2.34. The summed E-state index contributed by atoms with van der Waals surface area (Å²) in [7, 11) is 1.83. The van der Waals surface area contributed by atoms with Gasteiger partial charge in [-0.25, -0.2) is 0 Å². The number of aliphatic imine (C=N–C) groups is 1. The van der Waals surface area contributed by atoms with Crippen molar-refractivity contribution in [1.29, 1.82) is 0 Å². The molecule has 0 spiro atoms. The molecule has 0 aromatic heterocycles. The van der Waals surface area contributed by atoms with Crippen molar-refractivity contribution in [3.63, 3.8) is 0 Å². The van der Waals surface area contributed by atoms with E-state index in [1.165, 1.54) is 25.7 Å². The highest BCUT2D eigenvalue weighted by Gasteiger charge is 2.25. The molecule has 1 saturated heterocycles. The molecule has 1 heterocycles. The van der Waals surface area contributed by atoms with Crippen LogP contribution >= 0.6 is 0 Å². The van der Waals surface area contributed by atoms with Gasteiger partial charge in [0, 0.05) is 46.4 Å². The molecule has 2 fully saturated rings. The molecule has 1 aliphatic heterocycles. The molecule has 158 valence electrons. The maximum Gasteiger partial charge on any atom is 0.191 e. The molecule has 6 nitrogen and oxygen atoms in total. The zero-order chi connectivity index (χ0) is 19.5. The maximum absolute atomic E-state index is 6.01. The van der Waals surface area contributed by atoms with Crippen LogP contribution in [0.25, 0.3) is 0 Å². The van der Waals surface area contributed by atoms with Gasteiger partial charge in [-0.2, -0.15) is 0 Å². The molecule has 0 amide bonds. The first kappa shape index (κ1) is 22.4. The van der Waals surface area contributed by atoms with Gasteiger partial charge in [0.2, 0.25) is 0 Å². The van der Waals surface area contributed by atoms with Gasteiger partial charge in [0.15, 0.2) is 5.96 Å². The number of morpholine rings is 1. The molecule has 1 saturated carbocycles. The van der Waals surface area contributed by atoms with E-state index in [4.69, 9.17) is 9.47 Å². The van der Waals surface area contributed by atoms with Crippen molar-refractivity contribution in [2.75, 3.05) is 53.0 Å². The predicted octanol–water partition coefficient (Wildman–Crippen LogP) is 2.49. The van der Waals surface area contributed by atoms with Crippen LogP contribution in [0, 0.1) is 11.8 Å². The van der Waals surface area contributed by atoms with E-state index in [0.717, 1.165) is 64.2 Å². The summed E-state index contributed by atoms with van der Waals surface area (Å²) in [6.07, 6.45) is 7.02. The Labute approximate surface area is 166 Å². The van der Waals surface area contributed by atoms with E-state index in [0.29, 0.717) is 12.0 Å². The van der Waals surface area contributed by atoms with Gasteiger partial charge in [0.25, 0.3) is 0 Å². The summed E-state index contributed by atoms with van der Waals surface area (Å²) >= 11 is 0. The highest BCUT2D eigenvalue weighted by Crippen LogP contribution is 2.30. The second-order valence-corrected chi connectivity index (χ2v) is 8.35. The average molecular weight is 383 g/mol. The minimum absolute atomic E-state index is 0.228. The lowest BCUT2D eigenvalue weighted by Crippen LogP contribution is -2.50. The van der Waals surface area contributed by atoms with Crippen molar-refractivity contribution in [1.82, 2.24) is 15.5 Å². The van der Waals surface area contributed by atoms with Gasteiger partial charge in [-0.1, -0.05) is 26.7 Å². The third-order valence-electron chi connectivity index (χ3n) is 5.59. The van der Waals surface area contributed by atoms with Crippen LogP contribution in [0.3, 0.4) is 0 Å². The first-order valence-electron chi connectivity index (χ1n) is 11.0. The number of nitrogens with zero attached hydrogens (tertiary/aromatic N) is 2. The highest BCUT2D eigenvalue weighted by molar-refractivity contribution is 5.79. The fourth-order valence-electron chi connectivity index (χ4n) is 4.35. The highest BCUT2D eigenvalue weighted by atomic mass is 16.5. The molecular weight excluding hydrogens is 340 g/mol. The van der Waals surface area contributed by atoms with E-state index >= 15 is 0 Å². The standard InChI is InChI=1S/C21H42N4O2/c1-5-26-20(18-8-6-7-9-18)10-11-23-21(22-4)24-14-19-16-25(12-13-27-19)15-17(2)3/h17-20H,5-16H2,1-4H3,(H2,22,23,24). The monoisotopic (exact) mass is 382 g/mol. The Bertz CT molecular complexity index is 424. The summed E-state index contributed by atoms with van der Waals surface area (Å²) in [6.45, 7) is 13.2. The summed E-state index contributed by atoms with van der Waals surface area (Å²) in [5.41, 5.74) is 0. The topological polar surface area (TPSA) is 58.1 Å². The van der Waals surface area contributed by atoms with Gasteiger partial charge in [-0.15, -0.1) is 0 Å². The molecule has 2 rings (SSSR count). The van der Waals surface area contributed by atoms with Crippen molar-refractivity contribution in [3.8, 4) is 0 Å². The number of rotatable bonds is 10. The molecular formula is C21H42N4O2. The summed E-state index contributed by atoms with van der Waals surface area (Å²) < 4.78 is 11.9. The molecule has 0 aromatic carbocycles. The van der Waals surface area contributed by atoms with Crippen LogP contribution < -0.4 is 10.6 Å². The van der Waals surface area contributed by atoms with E-state index in [-0.39, 0.29) is 6.10 Å². The molecule has 1 aliphatic carbocycles. The van der Waals surface area contributed by atoms with Crippen LogP contribution in [0.2, 0.25) is 0 Å². The zero-order valence-corrected chi connectivity index (χ0v) is 18.0. The molecule has 2 atom stereocenters. The second-order valence-electron chi connectivity index (χ2n) is 8.35. The Kier molecular flexibility index (Phi) is 10.5. The molecule has 0 radical (unpaired) electrons. The lowest BCUT2D eigenvalue weighted by molar-refractivity contribution is -0.0284. The van der Waals surface area contributed by atoms with E-state index in [9.17, 15) is 0 Å². The van der Waals surface area contributed by atoms with E-state index in [1.807, 2.05) is 7.05 Å². The van der Waals surface area contributed by atoms with E-state index < -0.39 is 0 Å². The van der Waals surface area contributed by atoms with Gasteiger partial charge in [0.05, 0.1) is 18.8 Å².